The molecule has 2 atom stereocenters. The van der Waals surface area contributed by atoms with Gasteiger partial charge in [-0.15, -0.1) is 6.58 Å². The minimum atomic E-state index is -0.817. The lowest BCUT2D eigenvalue weighted by molar-refractivity contribution is 0.0321. The van der Waals surface area contributed by atoms with Crippen LogP contribution in [0.25, 0.3) is 0 Å². The Morgan fingerprint density at radius 1 is 1.50 bits per heavy atom. The van der Waals surface area contributed by atoms with Gasteiger partial charge in [0.25, 0.3) is 0 Å². The van der Waals surface area contributed by atoms with Crippen LogP contribution in [0.5, 0.6) is 0 Å². The van der Waals surface area contributed by atoms with Crippen LogP contribution in [0, 0.1) is 0 Å². The molecule has 3 heteroatoms. The van der Waals surface area contributed by atoms with Gasteiger partial charge in [0, 0.05) is 6.54 Å². The minimum absolute atomic E-state index is 0.452. The van der Waals surface area contributed by atoms with Gasteiger partial charge in [-0.05, 0) is 14.1 Å². The topological polar surface area (TPSA) is 43.7 Å². The predicted octanol–water partition coefficient (Wildman–Crippen LogP) is -0.544. The number of hydrogen-bond donors (Lipinski definition) is 2. The fourth-order valence-electron chi connectivity index (χ4n) is 0.639. The van der Waals surface area contributed by atoms with Crippen LogP contribution in [0.3, 0.4) is 0 Å². The summed E-state index contributed by atoms with van der Waals surface area (Å²) in [6.45, 7) is 3.81. The van der Waals surface area contributed by atoms with Crippen molar-refractivity contribution in [2.75, 3.05) is 20.6 Å². The quantitative estimate of drug-likeness (QED) is 0.522. The van der Waals surface area contributed by atoms with Gasteiger partial charge in [-0.3, -0.25) is 0 Å². The van der Waals surface area contributed by atoms with Crippen molar-refractivity contribution in [3.63, 3.8) is 0 Å². The SMILES string of the molecule is C=CC(O)C(O)CN(C)C. The van der Waals surface area contributed by atoms with Crippen LogP contribution in [0.2, 0.25) is 0 Å². The molecule has 0 rings (SSSR count). The van der Waals surface area contributed by atoms with Crippen molar-refractivity contribution in [3.05, 3.63) is 12.7 Å². The monoisotopic (exact) mass is 145 g/mol. The van der Waals surface area contributed by atoms with E-state index in [1.807, 2.05) is 14.1 Å². The highest BCUT2D eigenvalue weighted by molar-refractivity contribution is 4.84. The van der Waals surface area contributed by atoms with Crippen molar-refractivity contribution in [1.82, 2.24) is 4.90 Å². The van der Waals surface area contributed by atoms with E-state index in [1.165, 1.54) is 6.08 Å². The van der Waals surface area contributed by atoms with Crippen LogP contribution in [0.15, 0.2) is 12.7 Å². The van der Waals surface area contributed by atoms with Gasteiger partial charge in [-0.1, -0.05) is 6.08 Å². The third-order valence-corrected chi connectivity index (χ3v) is 1.19. The molecule has 0 saturated heterocycles. The summed E-state index contributed by atoms with van der Waals surface area (Å²) in [5.74, 6) is 0. The van der Waals surface area contributed by atoms with Crippen LogP contribution in [-0.2, 0) is 0 Å². The molecule has 0 heterocycles. The number of likely N-dealkylation sites (N-methyl/N-ethyl adjacent to an activating group) is 1. The van der Waals surface area contributed by atoms with Gasteiger partial charge in [0.1, 0.15) is 0 Å². The summed E-state index contributed by atoms with van der Waals surface area (Å²) in [5.41, 5.74) is 0. The first-order valence-electron chi connectivity index (χ1n) is 3.21. The molecule has 0 fully saturated rings. The third-order valence-electron chi connectivity index (χ3n) is 1.19. The van der Waals surface area contributed by atoms with Crippen molar-refractivity contribution in [3.8, 4) is 0 Å². The van der Waals surface area contributed by atoms with Gasteiger partial charge in [0.15, 0.2) is 0 Å². The summed E-state index contributed by atoms with van der Waals surface area (Å²) in [5, 5.41) is 18.1. The highest BCUT2D eigenvalue weighted by Gasteiger charge is 2.12. The molecular weight excluding hydrogens is 130 g/mol. The zero-order chi connectivity index (χ0) is 8.15. The first-order chi connectivity index (χ1) is 4.57. The summed E-state index contributed by atoms with van der Waals surface area (Å²) in [4.78, 5) is 1.80. The molecule has 2 unspecified atom stereocenters. The lowest BCUT2D eigenvalue weighted by Crippen LogP contribution is -2.34. The van der Waals surface area contributed by atoms with Crippen LogP contribution >= 0.6 is 0 Å². The highest BCUT2D eigenvalue weighted by atomic mass is 16.3. The second-order valence-corrected chi connectivity index (χ2v) is 2.56. The lowest BCUT2D eigenvalue weighted by Gasteiger charge is -2.18. The summed E-state index contributed by atoms with van der Waals surface area (Å²) in [6.07, 6.45) is -0.219. The molecule has 0 amide bonds. The van der Waals surface area contributed by atoms with Gasteiger partial charge in [-0.2, -0.15) is 0 Å². The maximum atomic E-state index is 9.13. The molecule has 0 saturated carbocycles. The Hall–Kier alpha value is -0.380. The second kappa shape index (κ2) is 4.44. The number of aliphatic hydroxyl groups excluding tert-OH is 2. The molecular formula is C7H15NO2. The van der Waals surface area contributed by atoms with Gasteiger partial charge in [0.2, 0.25) is 0 Å². The van der Waals surface area contributed by atoms with Gasteiger partial charge in [0.05, 0.1) is 12.2 Å². The maximum Gasteiger partial charge on any atom is 0.0989 e. The van der Waals surface area contributed by atoms with Gasteiger partial charge in [-0.25, -0.2) is 0 Å². The molecule has 0 aliphatic carbocycles. The Morgan fingerprint density at radius 3 is 2.30 bits per heavy atom. The van der Waals surface area contributed by atoms with E-state index in [0.29, 0.717) is 6.54 Å². The fourth-order valence-corrected chi connectivity index (χ4v) is 0.639. The van der Waals surface area contributed by atoms with Crippen molar-refractivity contribution in [2.24, 2.45) is 0 Å². The molecule has 10 heavy (non-hydrogen) atoms. The lowest BCUT2D eigenvalue weighted by atomic mass is 10.2. The van der Waals surface area contributed by atoms with Gasteiger partial charge >= 0.3 is 0 Å². The number of hydrogen-bond acceptors (Lipinski definition) is 3. The largest absolute Gasteiger partial charge is 0.389 e. The molecule has 60 valence electrons. The first kappa shape index (κ1) is 9.62. The smallest absolute Gasteiger partial charge is 0.0989 e. The normalized spacial score (nSPS) is 16.9. The average molecular weight is 145 g/mol. The van der Waals surface area contributed by atoms with E-state index in [9.17, 15) is 0 Å². The van der Waals surface area contributed by atoms with E-state index >= 15 is 0 Å². The van der Waals surface area contributed by atoms with Gasteiger partial charge < -0.3 is 15.1 Å². The summed E-state index contributed by atoms with van der Waals surface area (Å²) >= 11 is 0. The average Bonchev–Trinajstić information content (AvgIpc) is 1.85. The van der Waals surface area contributed by atoms with E-state index in [4.69, 9.17) is 10.2 Å². The maximum absolute atomic E-state index is 9.13. The molecule has 0 aromatic heterocycles. The number of aliphatic hydroxyl groups is 2. The summed E-state index contributed by atoms with van der Waals surface area (Å²) in [6, 6.07) is 0. The van der Waals surface area contributed by atoms with E-state index in [1.54, 1.807) is 4.90 Å². The van der Waals surface area contributed by atoms with Crippen molar-refractivity contribution >= 4 is 0 Å². The zero-order valence-electron chi connectivity index (χ0n) is 6.49. The molecule has 0 aromatic rings. The fraction of sp³-hybridized carbons (Fsp3) is 0.714. The molecule has 0 bridgehead atoms. The molecule has 0 aromatic carbocycles. The standard InChI is InChI=1S/C7H15NO2/c1-4-6(9)7(10)5-8(2)3/h4,6-7,9-10H,1,5H2,2-3H3. The van der Waals surface area contributed by atoms with E-state index < -0.39 is 12.2 Å². The van der Waals surface area contributed by atoms with Crippen molar-refractivity contribution in [2.45, 2.75) is 12.2 Å². The number of nitrogens with zero attached hydrogens (tertiary/aromatic N) is 1. The first-order valence-corrected chi connectivity index (χ1v) is 3.21. The zero-order valence-corrected chi connectivity index (χ0v) is 6.49. The van der Waals surface area contributed by atoms with E-state index in [0.717, 1.165) is 0 Å². The molecule has 0 aliphatic heterocycles. The van der Waals surface area contributed by atoms with Crippen LogP contribution in [-0.4, -0.2) is 48.0 Å². The predicted molar refractivity (Wildman–Crippen MR) is 40.8 cm³/mol. The Morgan fingerprint density at radius 2 is 2.00 bits per heavy atom. The van der Waals surface area contributed by atoms with Crippen LogP contribution < -0.4 is 0 Å². The van der Waals surface area contributed by atoms with Crippen molar-refractivity contribution < 1.29 is 10.2 Å². The summed E-state index contributed by atoms with van der Waals surface area (Å²) < 4.78 is 0. The third kappa shape index (κ3) is 3.61. The van der Waals surface area contributed by atoms with Crippen LogP contribution in [0.4, 0.5) is 0 Å². The van der Waals surface area contributed by atoms with E-state index in [2.05, 4.69) is 6.58 Å². The minimum Gasteiger partial charge on any atom is -0.389 e. The Balaban J connectivity index is 3.60. The summed E-state index contributed by atoms with van der Waals surface area (Å²) in [7, 11) is 3.66. The number of rotatable bonds is 4. The second-order valence-electron chi connectivity index (χ2n) is 2.56. The molecule has 2 N–H and O–H groups in total. The highest BCUT2D eigenvalue weighted by Crippen LogP contribution is 1.94. The van der Waals surface area contributed by atoms with Crippen molar-refractivity contribution in [1.29, 1.82) is 0 Å². The molecule has 0 spiro atoms. The molecule has 3 nitrogen and oxygen atoms in total. The molecule has 0 aliphatic rings. The Kier molecular flexibility index (Phi) is 4.27. The molecule has 0 radical (unpaired) electrons. The van der Waals surface area contributed by atoms with E-state index in [-0.39, 0.29) is 0 Å². The Bertz CT molecular complexity index is 104. The Labute approximate surface area is 61.6 Å². The van der Waals surface area contributed by atoms with Crippen LogP contribution in [0.1, 0.15) is 0 Å².